The Balaban J connectivity index is -0.000000372. The number of carbonyl (C=O) groups is 2. The van der Waals surface area contributed by atoms with Crippen molar-refractivity contribution in [3.8, 4) is 0 Å². The second-order valence-corrected chi connectivity index (χ2v) is 6.62. The number of rotatable bonds is 12. The van der Waals surface area contributed by atoms with E-state index in [1.807, 2.05) is 0 Å². The number of unbranched alkanes of at least 4 members (excludes halogenated alkanes) is 4. The van der Waals surface area contributed by atoms with Gasteiger partial charge in [0.1, 0.15) is 10.5 Å². The van der Waals surface area contributed by atoms with Crippen LogP contribution in [0.2, 0.25) is 0 Å². The molecule has 0 aromatic carbocycles. The average molecular weight is 432 g/mol. The van der Waals surface area contributed by atoms with Crippen LogP contribution in [0.1, 0.15) is 79.1 Å². The van der Waals surface area contributed by atoms with E-state index in [1.165, 1.54) is 0 Å². The first-order valence-electron chi connectivity index (χ1n) is 9.36. The average Bonchev–Trinajstić information content (AvgIpc) is 2.55. The molecule has 0 fully saturated rings. The molecule has 0 saturated heterocycles. The summed E-state index contributed by atoms with van der Waals surface area (Å²) >= 11 is 9.23. The molecule has 0 bridgehead atoms. The van der Waals surface area contributed by atoms with E-state index in [-0.39, 0.29) is 27.5 Å². The van der Waals surface area contributed by atoms with Crippen LogP contribution in [0.3, 0.4) is 0 Å². The maximum absolute atomic E-state index is 10.9. The third kappa shape index (κ3) is 20.1. The Morgan fingerprint density at radius 2 is 0.800 bits per heavy atom. The summed E-state index contributed by atoms with van der Waals surface area (Å²) in [6.07, 6.45) is 8.71. The van der Waals surface area contributed by atoms with Gasteiger partial charge in [-0.05, 0) is 25.7 Å². The first kappa shape index (κ1) is 29.7. The third-order valence-corrected chi connectivity index (χ3v) is 4.16. The van der Waals surface area contributed by atoms with E-state index in [1.54, 1.807) is 9.80 Å². The van der Waals surface area contributed by atoms with Gasteiger partial charge in [0.15, 0.2) is 0 Å². The van der Waals surface area contributed by atoms with E-state index in [9.17, 15) is 9.59 Å². The number of carbonyl (C=O) groups excluding carboxylic acids is 2. The second kappa shape index (κ2) is 21.9. The van der Waals surface area contributed by atoms with Gasteiger partial charge in [0, 0.05) is 26.2 Å². The molecular formula is C18H36FeN2O2S2. The van der Waals surface area contributed by atoms with Gasteiger partial charge in [-0.2, -0.15) is 0 Å². The summed E-state index contributed by atoms with van der Waals surface area (Å²) in [7, 11) is 0. The van der Waals surface area contributed by atoms with Crippen LogP contribution in [0.4, 0.5) is 9.59 Å². The number of nitrogens with zero attached hydrogens (tertiary/aromatic N) is 2. The van der Waals surface area contributed by atoms with Crippen molar-refractivity contribution < 1.29 is 26.7 Å². The summed E-state index contributed by atoms with van der Waals surface area (Å²) < 4.78 is 0. The summed E-state index contributed by atoms with van der Waals surface area (Å²) in [6.45, 7) is 11.8. The van der Waals surface area contributed by atoms with Crippen LogP contribution in [0.15, 0.2) is 0 Å². The molecule has 0 atom stereocenters. The molecule has 0 aliphatic rings. The quantitative estimate of drug-likeness (QED) is 0.318. The number of amides is 2. The zero-order chi connectivity index (χ0) is 18.8. The van der Waals surface area contributed by atoms with Crippen molar-refractivity contribution in [3.63, 3.8) is 0 Å². The summed E-state index contributed by atoms with van der Waals surface area (Å²) in [6, 6.07) is 0. The standard InChI is InChI=1S/2C9H19NOS.Fe/c2*1-3-5-7-10(9(11)12)8-6-4-2;/h2*3-8H2,1-2H3,(H,11,12);/q;;+2/p-2. The van der Waals surface area contributed by atoms with Crippen LogP contribution >= 0.6 is 0 Å². The van der Waals surface area contributed by atoms with Crippen LogP contribution < -0.4 is 0 Å². The second-order valence-electron chi connectivity index (χ2n) is 5.92. The Labute approximate surface area is 177 Å². The summed E-state index contributed by atoms with van der Waals surface area (Å²) in [5.41, 5.74) is 0. The summed E-state index contributed by atoms with van der Waals surface area (Å²) in [5, 5.41) is -0.395. The SMILES string of the molecule is CCCCN(CCCC)C(=O)[S-].CCCCN(CCCC)C(=O)[S-].[Fe+2]. The van der Waals surface area contributed by atoms with Crippen LogP contribution in [-0.2, 0) is 42.3 Å². The fourth-order valence-corrected chi connectivity index (χ4v) is 2.35. The minimum Gasteiger partial charge on any atom is -0.719 e. The Morgan fingerprint density at radius 1 is 0.600 bits per heavy atom. The van der Waals surface area contributed by atoms with Crippen molar-refractivity contribution in [1.82, 2.24) is 9.80 Å². The molecule has 0 rings (SSSR count). The van der Waals surface area contributed by atoms with E-state index < -0.39 is 0 Å². The molecule has 0 unspecified atom stereocenters. The van der Waals surface area contributed by atoms with Crippen molar-refractivity contribution in [2.75, 3.05) is 26.2 Å². The van der Waals surface area contributed by atoms with Crippen molar-refractivity contribution >= 4 is 35.7 Å². The fraction of sp³-hybridized carbons (Fsp3) is 0.889. The molecule has 0 aliphatic carbocycles. The first-order valence-corrected chi connectivity index (χ1v) is 10.2. The maximum Gasteiger partial charge on any atom is 2.00 e. The fourth-order valence-electron chi connectivity index (χ4n) is 1.98. The summed E-state index contributed by atoms with van der Waals surface area (Å²) in [4.78, 5) is 25.3. The van der Waals surface area contributed by atoms with Gasteiger partial charge in [-0.15, -0.1) is 0 Å². The Morgan fingerprint density at radius 3 is 0.920 bits per heavy atom. The van der Waals surface area contributed by atoms with E-state index in [2.05, 4.69) is 53.0 Å². The van der Waals surface area contributed by atoms with Gasteiger partial charge in [-0.3, -0.25) is 0 Å². The van der Waals surface area contributed by atoms with Crippen molar-refractivity contribution in [1.29, 1.82) is 0 Å². The molecule has 150 valence electrons. The van der Waals surface area contributed by atoms with Crippen molar-refractivity contribution in [2.24, 2.45) is 0 Å². The number of hydrogen-bond donors (Lipinski definition) is 0. The van der Waals surface area contributed by atoms with E-state index >= 15 is 0 Å². The van der Waals surface area contributed by atoms with Crippen LogP contribution in [0.25, 0.3) is 0 Å². The Bertz CT molecular complexity index is 275. The normalized spacial score (nSPS) is 9.44. The molecule has 25 heavy (non-hydrogen) atoms. The maximum atomic E-state index is 10.9. The van der Waals surface area contributed by atoms with Crippen LogP contribution in [-0.4, -0.2) is 46.5 Å². The van der Waals surface area contributed by atoms with Gasteiger partial charge in [0.2, 0.25) is 0 Å². The van der Waals surface area contributed by atoms with E-state index in [4.69, 9.17) is 0 Å². The minimum atomic E-state index is -0.197. The number of hydrogen-bond acceptors (Lipinski definition) is 4. The Kier molecular flexibility index (Phi) is 26.0. The zero-order valence-electron chi connectivity index (χ0n) is 16.4. The molecule has 7 heteroatoms. The minimum absolute atomic E-state index is 0. The largest absolute Gasteiger partial charge is 2.00 e. The molecule has 2 amide bonds. The Hall–Kier alpha value is -0.101. The zero-order valence-corrected chi connectivity index (χ0v) is 19.1. The van der Waals surface area contributed by atoms with Crippen molar-refractivity contribution in [2.45, 2.75) is 79.1 Å². The monoisotopic (exact) mass is 432 g/mol. The molecule has 0 spiro atoms. The van der Waals surface area contributed by atoms with E-state index in [0.717, 1.165) is 77.5 Å². The van der Waals surface area contributed by atoms with Gasteiger partial charge in [-0.25, -0.2) is 0 Å². The molecule has 0 saturated carbocycles. The van der Waals surface area contributed by atoms with Crippen LogP contribution in [0, 0.1) is 0 Å². The van der Waals surface area contributed by atoms with Gasteiger partial charge in [0.05, 0.1) is 0 Å². The van der Waals surface area contributed by atoms with Gasteiger partial charge >= 0.3 is 17.1 Å². The molecular weight excluding hydrogens is 396 g/mol. The molecule has 0 aromatic heterocycles. The predicted octanol–water partition coefficient (Wildman–Crippen LogP) is 5.11. The predicted molar refractivity (Wildman–Crippen MR) is 108 cm³/mol. The molecule has 0 aromatic rings. The topological polar surface area (TPSA) is 40.6 Å². The molecule has 0 heterocycles. The molecule has 0 aliphatic heterocycles. The van der Waals surface area contributed by atoms with Crippen LogP contribution in [0.5, 0.6) is 0 Å². The van der Waals surface area contributed by atoms with Gasteiger partial charge in [0.25, 0.3) is 0 Å². The van der Waals surface area contributed by atoms with Crippen molar-refractivity contribution in [3.05, 3.63) is 0 Å². The summed E-state index contributed by atoms with van der Waals surface area (Å²) in [5.74, 6) is 0. The molecule has 0 radical (unpaired) electrons. The first-order chi connectivity index (χ1) is 11.4. The van der Waals surface area contributed by atoms with Gasteiger partial charge in [-0.1, -0.05) is 53.4 Å². The molecule has 0 N–H and O–H groups in total. The van der Waals surface area contributed by atoms with Gasteiger partial charge < -0.3 is 44.6 Å². The smallest absolute Gasteiger partial charge is 0.719 e. The molecule has 4 nitrogen and oxygen atoms in total. The third-order valence-electron chi connectivity index (χ3n) is 3.64. The van der Waals surface area contributed by atoms with E-state index in [0.29, 0.717) is 0 Å².